The van der Waals surface area contributed by atoms with E-state index in [9.17, 15) is 4.79 Å². The summed E-state index contributed by atoms with van der Waals surface area (Å²) in [5.41, 5.74) is 4.17. The number of rotatable bonds is 4. The third-order valence-corrected chi connectivity index (χ3v) is 4.13. The summed E-state index contributed by atoms with van der Waals surface area (Å²) in [7, 11) is 1.61. The van der Waals surface area contributed by atoms with Gasteiger partial charge in [0.1, 0.15) is 5.75 Å². The first-order valence-electron chi connectivity index (χ1n) is 5.84. The lowest BCUT2D eigenvalue weighted by Crippen LogP contribution is -2.18. The van der Waals surface area contributed by atoms with Gasteiger partial charge in [-0.15, -0.1) is 11.3 Å². The van der Waals surface area contributed by atoms with Gasteiger partial charge in [0.05, 0.1) is 22.2 Å². The van der Waals surface area contributed by atoms with Gasteiger partial charge in [-0.05, 0) is 58.1 Å². The van der Waals surface area contributed by atoms with Crippen molar-refractivity contribution >= 4 is 38.9 Å². The molecule has 0 spiro atoms. The molecule has 2 aromatic rings. The predicted octanol–water partition coefficient (Wildman–Crippen LogP) is 3.67. The molecule has 1 aromatic heterocycles. The number of carbonyl (C=O) groups is 1. The SMILES string of the molecule is COc1ccc(/C(C)=N\NC(=O)c2cccs2)cc1Br. The van der Waals surface area contributed by atoms with Gasteiger partial charge in [0.2, 0.25) is 0 Å². The molecular weight excluding hydrogens is 340 g/mol. The fraction of sp³-hybridized carbons (Fsp3) is 0.143. The molecular formula is C14H13BrN2O2S. The summed E-state index contributed by atoms with van der Waals surface area (Å²) in [6.45, 7) is 1.84. The Morgan fingerprint density at radius 2 is 2.20 bits per heavy atom. The summed E-state index contributed by atoms with van der Waals surface area (Å²) in [4.78, 5) is 12.4. The van der Waals surface area contributed by atoms with E-state index in [1.807, 2.05) is 36.6 Å². The lowest BCUT2D eigenvalue weighted by atomic mass is 10.1. The molecule has 0 bridgehead atoms. The van der Waals surface area contributed by atoms with E-state index in [-0.39, 0.29) is 5.91 Å². The highest BCUT2D eigenvalue weighted by Crippen LogP contribution is 2.25. The van der Waals surface area contributed by atoms with Gasteiger partial charge in [-0.25, -0.2) is 5.43 Å². The molecule has 0 aliphatic rings. The zero-order chi connectivity index (χ0) is 14.5. The van der Waals surface area contributed by atoms with Crippen LogP contribution in [0.5, 0.6) is 5.75 Å². The van der Waals surface area contributed by atoms with E-state index in [2.05, 4.69) is 26.5 Å². The number of benzene rings is 1. The van der Waals surface area contributed by atoms with E-state index in [4.69, 9.17) is 4.74 Å². The lowest BCUT2D eigenvalue weighted by Gasteiger charge is -2.06. The second-order valence-electron chi connectivity index (χ2n) is 3.96. The number of ether oxygens (including phenoxy) is 1. The Hall–Kier alpha value is -1.66. The summed E-state index contributed by atoms with van der Waals surface area (Å²) in [5.74, 6) is 0.552. The monoisotopic (exact) mass is 352 g/mol. The van der Waals surface area contributed by atoms with Crippen molar-refractivity contribution in [1.29, 1.82) is 0 Å². The lowest BCUT2D eigenvalue weighted by molar-refractivity contribution is 0.0959. The van der Waals surface area contributed by atoms with Gasteiger partial charge in [0.15, 0.2) is 0 Å². The minimum atomic E-state index is -0.202. The molecule has 1 N–H and O–H groups in total. The summed E-state index contributed by atoms with van der Waals surface area (Å²) < 4.78 is 6.02. The van der Waals surface area contributed by atoms with Crippen molar-refractivity contribution in [2.45, 2.75) is 6.92 Å². The van der Waals surface area contributed by atoms with E-state index >= 15 is 0 Å². The van der Waals surface area contributed by atoms with Crippen molar-refractivity contribution in [1.82, 2.24) is 5.43 Å². The van der Waals surface area contributed by atoms with Gasteiger partial charge in [-0.3, -0.25) is 4.79 Å². The van der Waals surface area contributed by atoms with Crippen LogP contribution in [0.4, 0.5) is 0 Å². The summed E-state index contributed by atoms with van der Waals surface area (Å²) in [5, 5.41) is 5.96. The zero-order valence-electron chi connectivity index (χ0n) is 11.0. The van der Waals surface area contributed by atoms with Crippen LogP contribution in [0.25, 0.3) is 0 Å². The minimum absolute atomic E-state index is 0.202. The van der Waals surface area contributed by atoms with E-state index in [1.54, 1.807) is 13.2 Å². The van der Waals surface area contributed by atoms with Crippen molar-refractivity contribution in [2.75, 3.05) is 7.11 Å². The number of amides is 1. The molecule has 0 fully saturated rings. The fourth-order valence-electron chi connectivity index (χ4n) is 1.55. The number of hydrazone groups is 1. The molecule has 2 rings (SSSR count). The van der Waals surface area contributed by atoms with E-state index in [0.717, 1.165) is 21.5 Å². The van der Waals surface area contributed by atoms with Crippen LogP contribution in [0.2, 0.25) is 0 Å². The molecule has 0 atom stereocenters. The van der Waals surface area contributed by atoms with E-state index < -0.39 is 0 Å². The van der Waals surface area contributed by atoms with Crippen LogP contribution in [0.3, 0.4) is 0 Å². The van der Waals surface area contributed by atoms with Crippen molar-refractivity contribution in [3.05, 3.63) is 50.6 Å². The molecule has 6 heteroatoms. The molecule has 0 saturated carbocycles. The topological polar surface area (TPSA) is 50.7 Å². The average molecular weight is 353 g/mol. The summed E-state index contributed by atoms with van der Waals surface area (Å²) >= 11 is 4.80. The molecule has 0 aliphatic carbocycles. The number of halogens is 1. The first kappa shape index (κ1) is 14.7. The second-order valence-corrected chi connectivity index (χ2v) is 5.77. The van der Waals surface area contributed by atoms with Crippen LogP contribution in [-0.4, -0.2) is 18.7 Å². The molecule has 1 aromatic carbocycles. The predicted molar refractivity (Wildman–Crippen MR) is 84.7 cm³/mol. The minimum Gasteiger partial charge on any atom is -0.496 e. The fourth-order valence-corrected chi connectivity index (χ4v) is 2.71. The largest absolute Gasteiger partial charge is 0.496 e. The smallest absolute Gasteiger partial charge is 0.281 e. The van der Waals surface area contributed by atoms with Gasteiger partial charge < -0.3 is 4.74 Å². The van der Waals surface area contributed by atoms with Crippen LogP contribution >= 0.6 is 27.3 Å². The third-order valence-electron chi connectivity index (χ3n) is 2.64. The maximum atomic E-state index is 11.8. The number of nitrogens with zero attached hydrogens (tertiary/aromatic N) is 1. The standard InChI is InChI=1S/C14H13BrN2O2S/c1-9(10-5-6-12(19-2)11(15)8-10)16-17-14(18)13-4-3-7-20-13/h3-8H,1-2H3,(H,17,18)/b16-9-. The maximum absolute atomic E-state index is 11.8. The first-order valence-corrected chi connectivity index (χ1v) is 7.51. The van der Waals surface area contributed by atoms with E-state index in [1.165, 1.54) is 11.3 Å². The number of methoxy groups -OCH3 is 1. The Kier molecular flexibility index (Phi) is 4.92. The average Bonchev–Trinajstić information content (AvgIpc) is 2.98. The van der Waals surface area contributed by atoms with Gasteiger partial charge in [-0.2, -0.15) is 5.10 Å². The molecule has 1 amide bonds. The number of hydrogen-bond donors (Lipinski definition) is 1. The Morgan fingerprint density at radius 3 is 2.80 bits per heavy atom. The summed E-state index contributed by atoms with van der Waals surface area (Å²) in [6.07, 6.45) is 0. The van der Waals surface area contributed by atoms with Gasteiger partial charge in [0.25, 0.3) is 5.91 Å². The highest BCUT2D eigenvalue weighted by Gasteiger charge is 2.07. The van der Waals surface area contributed by atoms with Crippen molar-refractivity contribution in [3.8, 4) is 5.75 Å². The third kappa shape index (κ3) is 3.46. The second kappa shape index (κ2) is 6.67. The zero-order valence-corrected chi connectivity index (χ0v) is 13.4. The number of hydrogen-bond acceptors (Lipinski definition) is 4. The first-order chi connectivity index (χ1) is 9.61. The highest BCUT2D eigenvalue weighted by molar-refractivity contribution is 9.10. The van der Waals surface area contributed by atoms with Crippen molar-refractivity contribution in [2.24, 2.45) is 5.10 Å². The quantitative estimate of drug-likeness (QED) is 0.674. The van der Waals surface area contributed by atoms with E-state index in [0.29, 0.717) is 4.88 Å². The Morgan fingerprint density at radius 1 is 1.40 bits per heavy atom. The Balaban J connectivity index is 2.10. The molecule has 0 radical (unpaired) electrons. The number of nitrogens with one attached hydrogen (secondary N) is 1. The Bertz CT molecular complexity index is 639. The van der Waals surface area contributed by atoms with Gasteiger partial charge >= 0.3 is 0 Å². The van der Waals surface area contributed by atoms with Crippen LogP contribution in [0.1, 0.15) is 22.2 Å². The normalized spacial score (nSPS) is 11.2. The molecule has 20 heavy (non-hydrogen) atoms. The van der Waals surface area contributed by atoms with Crippen LogP contribution in [0, 0.1) is 0 Å². The number of thiophene rings is 1. The molecule has 0 aliphatic heterocycles. The van der Waals surface area contributed by atoms with Crippen molar-refractivity contribution in [3.63, 3.8) is 0 Å². The Labute approximate surface area is 129 Å². The maximum Gasteiger partial charge on any atom is 0.281 e. The highest BCUT2D eigenvalue weighted by atomic mass is 79.9. The molecule has 0 saturated heterocycles. The molecule has 1 heterocycles. The number of carbonyl (C=O) groups excluding carboxylic acids is 1. The van der Waals surface area contributed by atoms with Crippen LogP contribution in [-0.2, 0) is 0 Å². The van der Waals surface area contributed by atoms with Gasteiger partial charge in [-0.1, -0.05) is 6.07 Å². The molecule has 4 nitrogen and oxygen atoms in total. The molecule has 104 valence electrons. The molecule has 0 unspecified atom stereocenters. The van der Waals surface area contributed by atoms with Gasteiger partial charge in [0, 0.05) is 0 Å². The van der Waals surface area contributed by atoms with Crippen molar-refractivity contribution < 1.29 is 9.53 Å². The van der Waals surface area contributed by atoms with Crippen LogP contribution in [0.15, 0.2) is 45.3 Å². The summed E-state index contributed by atoms with van der Waals surface area (Å²) in [6, 6.07) is 9.22. The van der Waals surface area contributed by atoms with Crippen LogP contribution < -0.4 is 10.2 Å².